The van der Waals surface area contributed by atoms with Crippen molar-refractivity contribution < 1.29 is 9.90 Å². The van der Waals surface area contributed by atoms with Crippen LogP contribution in [0.2, 0.25) is 0 Å². The van der Waals surface area contributed by atoms with E-state index >= 15 is 0 Å². The van der Waals surface area contributed by atoms with Crippen molar-refractivity contribution in [3.05, 3.63) is 75.5 Å². The van der Waals surface area contributed by atoms with Gasteiger partial charge in [-0.1, -0.05) is 38.1 Å². The third-order valence-electron chi connectivity index (χ3n) is 4.42. The lowest BCUT2D eigenvalue weighted by Gasteiger charge is -2.31. The number of aromatic amines is 1. The van der Waals surface area contributed by atoms with Crippen molar-refractivity contribution in [3.63, 3.8) is 0 Å². The number of hydrogen-bond acceptors (Lipinski definition) is 4. The molecular formula is C19H21N3O2S. The number of rotatable bonds is 6. The summed E-state index contributed by atoms with van der Waals surface area (Å²) in [4.78, 5) is 19.9. The molecule has 0 aliphatic carbocycles. The van der Waals surface area contributed by atoms with E-state index < -0.39 is 11.5 Å². The molecule has 0 spiro atoms. The number of nitrogens with two attached hydrogens (primary N) is 1. The predicted octanol–water partition coefficient (Wildman–Crippen LogP) is 3.05. The van der Waals surface area contributed by atoms with Crippen molar-refractivity contribution in [2.45, 2.75) is 25.9 Å². The molecule has 5 nitrogen and oxygen atoms in total. The normalized spacial score (nSPS) is 13.8. The first-order chi connectivity index (χ1) is 11.9. The predicted molar refractivity (Wildman–Crippen MR) is 98.5 cm³/mol. The number of thiophene rings is 1. The molecule has 2 heterocycles. The summed E-state index contributed by atoms with van der Waals surface area (Å²) in [5, 5.41) is 11.2. The third-order valence-corrected chi connectivity index (χ3v) is 5.52. The van der Waals surface area contributed by atoms with E-state index in [1.54, 1.807) is 18.6 Å². The maximum absolute atomic E-state index is 11.2. The molecule has 1 aromatic carbocycles. The Hall–Kier alpha value is -2.44. The van der Waals surface area contributed by atoms with Crippen LogP contribution in [0, 0.1) is 5.92 Å². The third kappa shape index (κ3) is 3.36. The highest BCUT2D eigenvalue weighted by atomic mass is 32.1. The second-order valence-corrected chi connectivity index (χ2v) is 7.56. The first-order valence-corrected chi connectivity index (χ1v) is 8.92. The quantitative estimate of drug-likeness (QED) is 0.634. The minimum atomic E-state index is -1.11. The molecule has 0 bridgehead atoms. The number of nitrogens with one attached hydrogen (secondary N) is 1. The molecular weight excluding hydrogens is 334 g/mol. The van der Waals surface area contributed by atoms with Crippen molar-refractivity contribution in [2.24, 2.45) is 11.7 Å². The van der Waals surface area contributed by atoms with Crippen molar-refractivity contribution in [1.29, 1.82) is 0 Å². The number of primary amides is 1. The lowest BCUT2D eigenvalue weighted by Crippen LogP contribution is -2.33. The Labute approximate surface area is 150 Å². The second-order valence-electron chi connectivity index (χ2n) is 6.39. The van der Waals surface area contributed by atoms with Crippen LogP contribution in [0.25, 0.3) is 0 Å². The van der Waals surface area contributed by atoms with Crippen LogP contribution in [0.3, 0.4) is 0 Å². The molecule has 0 aliphatic heterocycles. The largest absolute Gasteiger partial charge is 0.379 e. The zero-order valence-corrected chi connectivity index (χ0v) is 15.0. The van der Waals surface area contributed by atoms with Crippen LogP contribution in [0.15, 0.2) is 48.9 Å². The number of aromatic nitrogens is 2. The van der Waals surface area contributed by atoms with Crippen LogP contribution < -0.4 is 5.73 Å². The van der Waals surface area contributed by atoms with Gasteiger partial charge in [0, 0.05) is 11.3 Å². The van der Waals surface area contributed by atoms with E-state index in [9.17, 15) is 9.90 Å². The number of hydrogen-bond donors (Lipinski definition) is 3. The summed E-state index contributed by atoms with van der Waals surface area (Å²) in [5.41, 5.74) is 6.79. The van der Waals surface area contributed by atoms with E-state index in [0.29, 0.717) is 10.6 Å². The highest BCUT2D eigenvalue weighted by Gasteiger charge is 2.36. The molecule has 3 aromatic rings. The fourth-order valence-electron chi connectivity index (χ4n) is 2.95. The lowest BCUT2D eigenvalue weighted by atomic mass is 9.80. The van der Waals surface area contributed by atoms with Gasteiger partial charge in [0.15, 0.2) is 0 Å². The van der Waals surface area contributed by atoms with Gasteiger partial charge in [0.1, 0.15) is 5.60 Å². The number of carbonyl (C=O) groups is 1. The van der Waals surface area contributed by atoms with Crippen molar-refractivity contribution in [3.8, 4) is 0 Å². The maximum atomic E-state index is 11.2. The maximum Gasteiger partial charge on any atom is 0.258 e. The Balaban J connectivity index is 1.84. The zero-order valence-electron chi connectivity index (χ0n) is 14.2. The fourth-order valence-corrected chi connectivity index (χ4v) is 3.84. The van der Waals surface area contributed by atoms with Crippen LogP contribution in [-0.4, -0.2) is 21.0 Å². The smallest absolute Gasteiger partial charge is 0.258 e. The van der Waals surface area contributed by atoms with E-state index in [1.165, 1.54) is 11.3 Å². The average molecular weight is 355 g/mol. The Morgan fingerprint density at radius 2 is 2.00 bits per heavy atom. The van der Waals surface area contributed by atoms with Crippen molar-refractivity contribution in [1.82, 2.24) is 9.97 Å². The molecule has 0 saturated carbocycles. The highest BCUT2D eigenvalue weighted by Crippen LogP contribution is 2.35. The van der Waals surface area contributed by atoms with Crippen LogP contribution >= 0.6 is 11.3 Å². The number of aliphatic hydroxyl groups is 1. The standard InChI is InChI=1S/C19H21N3O2S/c1-12(2)19(24,17-10-21-11-22-17)14-5-3-13(4-6-14)9-15-7-8-16(25-15)18(20)23/h3-8,10-12,24H,9H2,1-2H3,(H2,20,23)(H,21,22). The molecule has 1 unspecified atom stereocenters. The van der Waals surface area contributed by atoms with Gasteiger partial charge in [-0.25, -0.2) is 4.98 Å². The first kappa shape index (κ1) is 17.4. The van der Waals surface area contributed by atoms with Gasteiger partial charge in [0.25, 0.3) is 5.91 Å². The molecule has 0 radical (unpaired) electrons. The van der Waals surface area contributed by atoms with Crippen LogP contribution in [0.4, 0.5) is 0 Å². The Bertz CT molecular complexity index is 853. The summed E-state index contributed by atoms with van der Waals surface area (Å²) in [6, 6.07) is 11.6. The van der Waals surface area contributed by atoms with Gasteiger partial charge in [0.2, 0.25) is 0 Å². The van der Waals surface area contributed by atoms with Gasteiger partial charge in [-0.2, -0.15) is 0 Å². The molecule has 1 atom stereocenters. The number of carbonyl (C=O) groups excluding carboxylic acids is 1. The van der Waals surface area contributed by atoms with Crippen molar-refractivity contribution >= 4 is 17.2 Å². The summed E-state index contributed by atoms with van der Waals surface area (Å²) in [7, 11) is 0. The van der Waals surface area contributed by atoms with Crippen LogP contribution in [0.5, 0.6) is 0 Å². The van der Waals surface area contributed by atoms with Gasteiger partial charge in [-0.05, 0) is 29.2 Å². The van der Waals surface area contributed by atoms with Crippen molar-refractivity contribution in [2.75, 3.05) is 0 Å². The van der Waals surface area contributed by atoms with Gasteiger partial charge in [0.05, 0.1) is 23.1 Å². The Morgan fingerprint density at radius 1 is 1.28 bits per heavy atom. The molecule has 1 amide bonds. The Kier molecular flexibility index (Phi) is 4.74. The molecule has 25 heavy (non-hydrogen) atoms. The topological polar surface area (TPSA) is 92.0 Å². The first-order valence-electron chi connectivity index (χ1n) is 8.10. The second kappa shape index (κ2) is 6.82. The summed E-state index contributed by atoms with van der Waals surface area (Å²) in [6.45, 7) is 3.96. The highest BCUT2D eigenvalue weighted by molar-refractivity contribution is 7.14. The van der Waals surface area contributed by atoms with Gasteiger partial charge >= 0.3 is 0 Å². The molecule has 0 aliphatic rings. The van der Waals surface area contributed by atoms with E-state index in [1.807, 2.05) is 44.2 Å². The molecule has 2 aromatic heterocycles. The summed E-state index contributed by atoms with van der Waals surface area (Å²) < 4.78 is 0. The van der Waals surface area contributed by atoms with E-state index in [2.05, 4.69) is 9.97 Å². The van der Waals surface area contributed by atoms with E-state index in [-0.39, 0.29) is 5.92 Å². The minimum absolute atomic E-state index is 0.0192. The number of imidazole rings is 1. The molecule has 3 rings (SSSR count). The molecule has 4 N–H and O–H groups in total. The number of H-pyrrole nitrogens is 1. The summed E-state index contributed by atoms with van der Waals surface area (Å²) in [5.74, 6) is -0.414. The molecule has 0 saturated heterocycles. The monoisotopic (exact) mass is 355 g/mol. The number of nitrogens with zero attached hydrogens (tertiary/aromatic N) is 1. The minimum Gasteiger partial charge on any atom is -0.379 e. The molecule has 6 heteroatoms. The average Bonchev–Trinajstić information content (AvgIpc) is 3.26. The molecule has 130 valence electrons. The Morgan fingerprint density at radius 3 is 2.52 bits per heavy atom. The van der Waals surface area contributed by atoms with Gasteiger partial charge in [-0.15, -0.1) is 11.3 Å². The van der Waals surface area contributed by atoms with Crippen LogP contribution in [-0.2, 0) is 12.0 Å². The van der Waals surface area contributed by atoms with Gasteiger partial charge in [-0.3, -0.25) is 4.79 Å². The number of amides is 1. The SMILES string of the molecule is CC(C)C(O)(c1ccc(Cc2ccc(C(N)=O)s2)cc1)c1cnc[nH]1. The summed E-state index contributed by atoms with van der Waals surface area (Å²) >= 11 is 1.41. The molecule has 0 fully saturated rings. The lowest BCUT2D eigenvalue weighted by molar-refractivity contribution is 0.0279. The van der Waals surface area contributed by atoms with Crippen LogP contribution in [0.1, 0.15) is 45.2 Å². The summed E-state index contributed by atoms with van der Waals surface area (Å²) in [6.07, 6.45) is 3.96. The van der Waals surface area contributed by atoms with E-state index in [0.717, 1.165) is 22.4 Å². The van der Waals surface area contributed by atoms with E-state index in [4.69, 9.17) is 5.73 Å². The fraction of sp³-hybridized carbons (Fsp3) is 0.263. The zero-order chi connectivity index (χ0) is 18.0. The van der Waals surface area contributed by atoms with Gasteiger partial charge < -0.3 is 15.8 Å². The number of benzene rings is 1.